The van der Waals surface area contributed by atoms with Crippen LogP contribution in [0.5, 0.6) is 0 Å². The van der Waals surface area contributed by atoms with Crippen LogP contribution in [0.2, 0.25) is 0 Å². The Labute approximate surface area is 121 Å². The lowest BCUT2D eigenvalue weighted by atomic mass is 9.50. The highest BCUT2D eigenvalue weighted by atomic mass is 16.1. The Morgan fingerprint density at radius 1 is 0.900 bits per heavy atom. The molecule has 4 aliphatic carbocycles. The molecule has 4 fully saturated rings. The number of ketones is 2. The van der Waals surface area contributed by atoms with Crippen LogP contribution in [0.1, 0.15) is 64.7 Å². The fraction of sp³-hybridized carbons (Fsp3) is 0.889. The molecule has 0 saturated heterocycles. The molecule has 2 heteroatoms. The first-order chi connectivity index (χ1) is 9.59. The van der Waals surface area contributed by atoms with E-state index in [-0.39, 0.29) is 5.41 Å². The van der Waals surface area contributed by atoms with Gasteiger partial charge in [-0.1, -0.05) is 6.92 Å². The van der Waals surface area contributed by atoms with Gasteiger partial charge in [0.1, 0.15) is 11.6 Å². The van der Waals surface area contributed by atoms with Crippen molar-refractivity contribution in [3.63, 3.8) is 0 Å². The lowest BCUT2D eigenvalue weighted by molar-refractivity contribution is -0.136. The molecule has 0 aromatic heterocycles. The molecule has 0 unspecified atom stereocenters. The smallest absolute Gasteiger partial charge is 0.139 e. The molecule has 6 atom stereocenters. The molecule has 0 N–H and O–H groups in total. The van der Waals surface area contributed by atoms with E-state index in [0.717, 1.165) is 56.3 Å². The van der Waals surface area contributed by atoms with Crippen LogP contribution in [0.4, 0.5) is 0 Å². The van der Waals surface area contributed by atoms with E-state index in [0.29, 0.717) is 23.4 Å². The molecule has 20 heavy (non-hydrogen) atoms. The summed E-state index contributed by atoms with van der Waals surface area (Å²) in [7, 11) is 0. The first kappa shape index (κ1) is 13.0. The largest absolute Gasteiger partial charge is 0.300 e. The zero-order chi connectivity index (χ0) is 13.9. The normalized spacial score (nSPS) is 51.4. The van der Waals surface area contributed by atoms with Gasteiger partial charge in [-0.15, -0.1) is 0 Å². The number of hydrogen-bond donors (Lipinski definition) is 0. The average molecular weight is 274 g/mol. The number of fused-ring (bicyclic) bond motifs is 5. The molecular formula is C18H26O2. The van der Waals surface area contributed by atoms with Crippen molar-refractivity contribution in [1.82, 2.24) is 0 Å². The quantitative estimate of drug-likeness (QED) is 0.673. The van der Waals surface area contributed by atoms with Gasteiger partial charge in [0, 0.05) is 24.7 Å². The highest BCUT2D eigenvalue weighted by Crippen LogP contribution is 2.61. The van der Waals surface area contributed by atoms with Crippen molar-refractivity contribution in [1.29, 1.82) is 0 Å². The molecule has 0 bridgehead atoms. The van der Waals surface area contributed by atoms with Gasteiger partial charge < -0.3 is 0 Å². The van der Waals surface area contributed by atoms with Gasteiger partial charge in [-0.05, 0) is 68.1 Å². The zero-order valence-corrected chi connectivity index (χ0v) is 12.6. The number of carbonyl (C=O) groups is 2. The molecule has 2 nitrogen and oxygen atoms in total. The summed E-state index contributed by atoms with van der Waals surface area (Å²) in [4.78, 5) is 24.2. The second-order valence-corrected chi connectivity index (χ2v) is 8.13. The van der Waals surface area contributed by atoms with Crippen LogP contribution in [0.25, 0.3) is 0 Å². The molecule has 0 spiro atoms. The second kappa shape index (κ2) is 4.42. The van der Waals surface area contributed by atoms with Gasteiger partial charge in [0.15, 0.2) is 0 Å². The SMILES string of the molecule is C[C@]12CC[C@H]3[C@@H](CC[C@H]4CCC(=O)C[C@@H]43)[C@@H]1CCC2=O. The number of carbonyl (C=O) groups excluding carboxylic acids is 2. The number of rotatable bonds is 0. The Hall–Kier alpha value is -0.660. The minimum Gasteiger partial charge on any atom is -0.300 e. The minimum absolute atomic E-state index is 0.00726. The predicted molar refractivity (Wildman–Crippen MR) is 77.1 cm³/mol. The summed E-state index contributed by atoms with van der Waals surface area (Å²) in [5, 5.41) is 0. The molecular weight excluding hydrogens is 248 g/mol. The van der Waals surface area contributed by atoms with E-state index < -0.39 is 0 Å². The monoisotopic (exact) mass is 274 g/mol. The van der Waals surface area contributed by atoms with Gasteiger partial charge in [0.25, 0.3) is 0 Å². The highest BCUT2D eigenvalue weighted by molar-refractivity contribution is 5.87. The van der Waals surface area contributed by atoms with E-state index in [2.05, 4.69) is 6.92 Å². The van der Waals surface area contributed by atoms with Gasteiger partial charge in [0.05, 0.1) is 0 Å². The van der Waals surface area contributed by atoms with Crippen molar-refractivity contribution in [2.24, 2.45) is 35.0 Å². The molecule has 0 radical (unpaired) electrons. The fourth-order valence-corrected chi connectivity index (χ4v) is 6.39. The van der Waals surface area contributed by atoms with E-state index in [1.807, 2.05) is 0 Å². The molecule has 110 valence electrons. The lowest BCUT2D eigenvalue weighted by Gasteiger charge is -2.53. The van der Waals surface area contributed by atoms with E-state index >= 15 is 0 Å². The van der Waals surface area contributed by atoms with Crippen LogP contribution in [-0.4, -0.2) is 11.6 Å². The second-order valence-electron chi connectivity index (χ2n) is 8.13. The Kier molecular flexibility index (Phi) is 2.88. The summed E-state index contributed by atoms with van der Waals surface area (Å²) in [5.41, 5.74) is -0.00726. The molecule has 0 aliphatic heterocycles. The Balaban J connectivity index is 1.61. The van der Waals surface area contributed by atoms with Crippen molar-refractivity contribution in [3.05, 3.63) is 0 Å². The Bertz CT molecular complexity index is 454. The molecule has 0 aromatic carbocycles. The first-order valence-corrected chi connectivity index (χ1v) is 8.64. The Morgan fingerprint density at radius 2 is 1.75 bits per heavy atom. The third-order valence-electron chi connectivity index (χ3n) is 7.49. The van der Waals surface area contributed by atoms with Gasteiger partial charge in [-0.2, -0.15) is 0 Å². The van der Waals surface area contributed by atoms with Crippen LogP contribution in [0.3, 0.4) is 0 Å². The summed E-state index contributed by atoms with van der Waals surface area (Å²) in [6.45, 7) is 2.24. The van der Waals surface area contributed by atoms with Crippen molar-refractivity contribution < 1.29 is 9.59 Å². The van der Waals surface area contributed by atoms with Gasteiger partial charge in [-0.25, -0.2) is 0 Å². The summed E-state index contributed by atoms with van der Waals surface area (Å²) in [5.74, 6) is 4.64. The van der Waals surface area contributed by atoms with Crippen LogP contribution in [-0.2, 0) is 9.59 Å². The van der Waals surface area contributed by atoms with Crippen molar-refractivity contribution >= 4 is 11.6 Å². The maximum Gasteiger partial charge on any atom is 0.139 e. The van der Waals surface area contributed by atoms with Gasteiger partial charge in [0.2, 0.25) is 0 Å². The molecule has 4 saturated carbocycles. The van der Waals surface area contributed by atoms with Crippen LogP contribution in [0, 0.1) is 35.0 Å². The first-order valence-electron chi connectivity index (χ1n) is 8.64. The van der Waals surface area contributed by atoms with Gasteiger partial charge in [-0.3, -0.25) is 9.59 Å². The predicted octanol–water partition coefficient (Wildman–Crippen LogP) is 3.78. The highest BCUT2D eigenvalue weighted by Gasteiger charge is 2.56. The third-order valence-corrected chi connectivity index (χ3v) is 7.49. The maximum absolute atomic E-state index is 12.3. The summed E-state index contributed by atoms with van der Waals surface area (Å²) in [6, 6.07) is 0. The van der Waals surface area contributed by atoms with Crippen molar-refractivity contribution in [2.45, 2.75) is 64.7 Å². The van der Waals surface area contributed by atoms with Crippen molar-refractivity contribution in [2.75, 3.05) is 0 Å². The van der Waals surface area contributed by atoms with E-state index in [1.54, 1.807) is 0 Å². The standard InChI is InChI=1S/C18H26O2/c1-18-9-8-13-14(16(18)6-7-17(18)20)5-3-11-2-4-12(19)10-15(11)13/h11,13-16H,2-10H2,1H3/t11-,13+,14-,15+,16+,18+/m1/s1. The lowest BCUT2D eigenvalue weighted by Crippen LogP contribution is -2.48. The van der Waals surface area contributed by atoms with Crippen LogP contribution < -0.4 is 0 Å². The summed E-state index contributed by atoms with van der Waals surface area (Å²) >= 11 is 0. The zero-order valence-electron chi connectivity index (χ0n) is 12.6. The average Bonchev–Trinajstić information content (AvgIpc) is 2.74. The summed E-state index contributed by atoms with van der Waals surface area (Å²) in [6.07, 6.45) is 9.72. The Morgan fingerprint density at radius 3 is 2.60 bits per heavy atom. The molecule has 0 heterocycles. The molecule has 4 rings (SSSR count). The third kappa shape index (κ3) is 1.69. The molecule has 0 amide bonds. The van der Waals surface area contributed by atoms with E-state index in [4.69, 9.17) is 0 Å². The minimum atomic E-state index is -0.00726. The van der Waals surface area contributed by atoms with Crippen LogP contribution in [0.15, 0.2) is 0 Å². The molecule has 0 aromatic rings. The maximum atomic E-state index is 12.3. The fourth-order valence-electron chi connectivity index (χ4n) is 6.39. The van der Waals surface area contributed by atoms with Crippen LogP contribution >= 0.6 is 0 Å². The van der Waals surface area contributed by atoms with Crippen molar-refractivity contribution in [3.8, 4) is 0 Å². The van der Waals surface area contributed by atoms with E-state index in [9.17, 15) is 9.59 Å². The number of Topliss-reactive ketones (excluding diaryl/α,β-unsaturated/α-hetero) is 2. The number of hydrogen-bond acceptors (Lipinski definition) is 2. The summed E-state index contributed by atoms with van der Waals surface area (Å²) < 4.78 is 0. The van der Waals surface area contributed by atoms with E-state index in [1.165, 1.54) is 19.3 Å². The molecule has 4 aliphatic rings. The topological polar surface area (TPSA) is 34.1 Å². The van der Waals surface area contributed by atoms with Gasteiger partial charge >= 0.3 is 0 Å².